The first kappa shape index (κ1) is 14.9. The van der Waals surface area contributed by atoms with Crippen LogP contribution < -0.4 is 5.73 Å². The summed E-state index contributed by atoms with van der Waals surface area (Å²) in [7, 11) is 0. The third-order valence-corrected chi connectivity index (χ3v) is 4.96. The maximum Gasteiger partial charge on any atom is 0.0969 e. The molecule has 1 aliphatic rings. The molecule has 1 aliphatic heterocycles. The minimum atomic E-state index is 0.532. The van der Waals surface area contributed by atoms with Crippen molar-refractivity contribution in [2.24, 2.45) is 5.73 Å². The molecule has 0 aliphatic carbocycles. The van der Waals surface area contributed by atoms with Gasteiger partial charge >= 0.3 is 0 Å². The normalized spacial score (nSPS) is 19.7. The number of hydrogen-bond donors (Lipinski definition) is 1. The minimum Gasteiger partial charge on any atom is -0.330 e. The van der Waals surface area contributed by atoms with Gasteiger partial charge in [-0.05, 0) is 13.1 Å². The Balaban J connectivity index is 1.81. The van der Waals surface area contributed by atoms with E-state index in [4.69, 9.17) is 10.7 Å². The van der Waals surface area contributed by atoms with Crippen LogP contribution in [0.1, 0.15) is 30.5 Å². The molecule has 2 heterocycles. The van der Waals surface area contributed by atoms with Crippen LogP contribution in [0, 0.1) is 0 Å². The molecule has 5 heteroatoms. The van der Waals surface area contributed by atoms with Crippen molar-refractivity contribution < 1.29 is 0 Å². The van der Waals surface area contributed by atoms with E-state index in [1.807, 2.05) is 0 Å². The zero-order valence-electron chi connectivity index (χ0n) is 12.1. The maximum absolute atomic E-state index is 5.57. The van der Waals surface area contributed by atoms with E-state index in [2.05, 4.69) is 29.0 Å². The van der Waals surface area contributed by atoms with Crippen LogP contribution in [-0.2, 0) is 6.42 Å². The molecule has 0 spiro atoms. The highest BCUT2D eigenvalue weighted by Crippen LogP contribution is 2.21. The van der Waals surface area contributed by atoms with Gasteiger partial charge < -0.3 is 15.5 Å². The van der Waals surface area contributed by atoms with Crippen molar-refractivity contribution in [3.8, 4) is 0 Å². The summed E-state index contributed by atoms with van der Waals surface area (Å²) >= 11 is 1.79. The molecule has 0 aromatic carbocycles. The Bertz CT molecular complexity index is 371. The molecule has 1 atom stereocenters. The minimum absolute atomic E-state index is 0.532. The standard InChI is InChI=1S/C14H26N4S/c1-3-17-6-8-18(9-7-17)10-12(2)14-16-13(4-5-15)11-19-14/h11-12H,3-10,15H2,1-2H3. The van der Waals surface area contributed by atoms with E-state index in [9.17, 15) is 0 Å². The molecule has 4 nitrogen and oxygen atoms in total. The molecule has 19 heavy (non-hydrogen) atoms. The first-order chi connectivity index (χ1) is 9.22. The van der Waals surface area contributed by atoms with Crippen molar-refractivity contribution in [2.75, 3.05) is 45.8 Å². The number of nitrogens with two attached hydrogens (primary N) is 1. The van der Waals surface area contributed by atoms with Crippen LogP contribution >= 0.6 is 11.3 Å². The number of hydrogen-bond acceptors (Lipinski definition) is 5. The molecule has 1 fully saturated rings. The molecule has 0 saturated carbocycles. The second-order valence-corrected chi connectivity index (χ2v) is 6.24. The van der Waals surface area contributed by atoms with Gasteiger partial charge in [0.1, 0.15) is 0 Å². The van der Waals surface area contributed by atoms with Gasteiger partial charge in [-0.15, -0.1) is 11.3 Å². The van der Waals surface area contributed by atoms with Gasteiger partial charge in [0.05, 0.1) is 10.7 Å². The highest BCUT2D eigenvalue weighted by Gasteiger charge is 2.19. The molecule has 1 aromatic heterocycles. The Morgan fingerprint density at radius 3 is 2.63 bits per heavy atom. The fraction of sp³-hybridized carbons (Fsp3) is 0.786. The summed E-state index contributed by atoms with van der Waals surface area (Å²) in [6, 6.07) is 0. The largest absolute Gasteiger partial charge is 0.330 e. The molecule has 108 valence electrons. The van der Waals surface area contributed by atoms with Crippen LogP contribution in [0.2, 0.25) is 0 Å². The van der Waals surface area contributed by atoms with E-state index in [1.54, 1.807) is 11.3 Å². The summed E-state index contributed by atoms with van der Waals surface area (Å²) in [5.74, 6) is 0.532. The Morgan fingerprint density at radius 1 is 1.32 bits per heavy atom. The summed E-state index contributed by atoms with van der Waals surface area (Å²) in [6.07, 6.45) is 0.901. The molecule has 1 unspecified atom stereocenters. The molecule has 1 aromatic rings. The van der Waals surface area contributed by atoms with Gasteiger partial charge in [-0.25, -0.2) is 4.98 Å². The second kappa shape index (κ2) is 7.33. The molecular weight excluding hydrogens is 256 g/mol. The molecule has 1 saturated heterocycles. The van der Waals surface area contributed by atoms with Crippen LogP contribution in [0.4, 0.5) is 0 Å². The predicted molar refractivity (Wildman–Crippen MR) is 81.8 cm³/mol. The van der Waals surface area contributed by atoms with Gasteiger partial charge in [-0.3, -0.25) is 0 Å². The zero-order chi connectivity index (χ0) is 13.7. The van der Waals surface area contributed by atoms with Crippen LogP contribution in [-0.4, -0.2) is 60.6 Å². The highest BCUT2D eigenvalue weighted by atomic mass is 32.1. The number of piperazine rings is 1. The number of nitrogens with zero attached hydrogens (tertiary/aromatic N) is 3. The Hall–Kier alpha value is -0.490. The Morgan fingerprint density at radius 2 is 2.00 bits per heavy atom. The van der Waals surface area contributed by atoms with Crippen molar-refractivity contribution in [3.63, 3.8) is 0 Å². The number of aromatic nitrogens is 1. The van der Waals surface area contributed by atoms with E-state index < -0.39 is 0 Å². The third kappa shape index (κ3) is 4.24. The first-order valence-corrected chi connectivity index (χ1v) is 8.20. The fourth-order valence-electron chi connectivity index (χ4n) is 2.57. The average Bonchev–Trinajstić information content (AvgIpc) is 2.89. The molecular formula is C14H26N4S. The monoisotopic (exact) mass is 282 g/mol. The van der Waals surface area contributed by atoms with E-state index in [1.165, 1.54) is 37.7 Å². The summed E-state index contributed by atoms with van der Waals surface area (Å²) in [5, 5.41) is 3.43. The molecule has 2 rings (SSSR count). The molecule has 0 bridgehead atoms. The van der Waals surface area contributed by atoms with E-state index >= 15 is 0 Å². The predicted octanol–water partition coefficient (Wildman–Crippen LogP) is 1.39. The van der Waals surface area contributed by atoms with Gasteiger partial charge in [-0.1, -0.05) is 13.8 Å². The molecule has 2 N–H and O–H groups in total. The Labute approximate surface area is 120 Å². The Kier molecular flexibility index (Phi) is 5.76. The first-order valence-electron chi connectivity index (χ1n) is 7.32. The van der Waals surface area contributed by atoms with E-state index in [0.717, 1.165) is 18.7 Å². The summed E-state index contributed by atoms with van der Waals surface area (Å²) in [4.78, 5) is 9.79. The van der Waals surface area contributed by atoms with Gasteiger partial charge in [0.15, 0.2) is 0 Å². The van der Waals surface area contributed by atoms with E-state index in [0.29, 0.717) is 12.5 Å². The van der Waals surface area contributed by atoms with Crippen LogP contribution in [0.15, 0.2) is 5.38 Å². The molecule has 0 amide bonds. The summed E-state index contributed by atoms with van der Waals surface area (Å²) in [6.45, 7) is 12.3. The lowest BCUT2D eigenvalue weighted by molar-refractivity contribution is 0.133. The smallest absolute Gasteiger partial charge is 0.0969 e. The van der Waals surface area contributed by atoms with Crippen molar-refractivity contribution in [1.29, 1.82) is 0 Å². The number of likely N-dealkylation sites (N-methyl/N-ethyl adjacent to an activating group) is 1. The fourth-order valence-corrected chi connectivity index (χ4v) is 3.47. The van der Waals surface area contributed by atoms with Crippen LogP contribution in [0.25, 0.3) is 0 Å². The number of rotatable bonds is 6. The van der Waals surface area contributed by atoms with Gasteiger partial charge in [0.25, 0.3) is 0 Å². The van der Waals surface area contributed by atoms with Gasteiger partial charge in [-0.2, -0.15) is 0 Å². The zero-order valence-corrected chi connectivity index (χ0v) is 13.0. The molecule has 0 radical (unpaired) electrons. The van der Waals surface area contributed by atoms with Crippen molar-refractivity contribution in [1.82, 2.24) is 14.8 Å². The second-order valence-electron chi connectivity index (χ2n) is 5.35. The third-order valence-electron chi connectivity index (χ3n) is 3.84. The lowest BCUT2D eigenvalue weighted by Crippen LogP contribution is -2.47. The topological polar surface area (TPSA) is 45.4 Å². The van der Waals surface area contributed by atoms with Crippen molar-refractivity contribution >= 4 is 11.3 Å². The lowest BCUT2D eigenvalue weighted by atomic mass is 10.1. The van der Waals surface area contributed by atoms with Crippen molar-refractivity contribution in [2.45, 2.75) is 26.2 Å². The van der Waals surface area contributed by atoms with Crippen LogP contribution in [0.5, 0.6) is 0 Å². The van der Waals surface area contributed by atoms with Crippen LogP contribution in [0.3, 0.4) is 0 Å². The highest BCUT2D eigenvalue weighted by molar-refractivity contribution is 7.09. The van der Waals surface area contributed by atoms with Crippen molar-refractivity contribution in [3.05, 3.63) is 16.1 Å². The van der Waals surface area contributed by atoms with Gasteiger partial charge in [0.2, 0.25) is 0 Å². The summed E-state index contributed by atoms with van der Waals surface area (Å²) in [5.41, 5.74) is 6.73. The summed E-state index contributed by atoms with van der Waals surface area (Å²) < 4.78 is 0. The average molecular weight is 282 g/mol. The lowest BCUT2D eigenvalue weighted by Gasteiger charge is -2.35. The maximum atomic E-state index is 5.57. The van der Waals surface area contributed by atoms with Gasteiger partial charge in [0, 0.05) is 50.4 Å². The SMILES string of the molecule is CCN1CCN(CC(C)c2nc(CCN)cs2)CC1. The number of thiazole rings is 1. The quantitative estimate of drug-likeness (QED) is 0.856. The van der Waals surface area contributed by atoms with E-state index in [-0.39, 0.29) is 0 Å².